The molecule has 0 unspecified atom stereocenters. The normalized spacial score (nSPS) is 20.6. The van der Waals surface area contributed by atoms with Crippen molar-refractivity contribution in [1.29, 1.82) is 0 Å². The summed E-state index contributed by atoms with van der Waals surface area (Å²) in [5, 5.41) is 2.76. The fraction of sp³-hybridized carbons (Fsp3) is 0.348. The van der Waals surface area contributed by atoms with Gasteiger partial charge in [0, 0.05) is 16.4 Å². The minimum atomic E-state index is -0.163. The van der Waals surface area contributed by atoms with E-state index in [1.807, 2.05) is 23.6 Å². The molecular formula is C23H24ClFN2OS. The maximum absolute atomic E-state index is 13.2. The average Bonchev–Trinajstić information content (AvgIpc) is 3.39. The van der Waals surface area contributed by atoms with E-state index in [1.54, 1.807) is 23.5 Å². The maximum Gasteiger partial charge on any atom is 0.257 e. The third-order valence-corrected chi connectivity index (χ3v) is 7.12. The van der Waals surface area contributed by atoms with Crippen molar-refractivity contribution < 1.29 is 4.39 Å². The topological polar surface area (TPSA) is 36.1 Å². The van der Waals surface area contributed by atoms with Crippen molar-refractivity contribution >= 4 is 39.4 Å². The summed E-state index contributed by atoms with van der Waals surface area (Å²) in [6.45, 7) is 2.13. The number of piperidine rings is 1. The molecule has 0 amide bonds. The molecular weight excluding hydrogens is 407 g/mol. The summed E-state index contributed by atoms with van der Waals surface area (Å²) in [5.41, 5.74) is 3.51. The van der Waals surface area contributed by atoms with Gasteiger partial charge < -0.3 is 4.98 Å². The number of likely N-dealkylation sites (tertiary alicyclic amines) is 1. The van der Waals surface area contributed by atoms with Crippen molar-refractivity contribution in [2.24, 2.45) is 0 Å². The molecule has 6 heteroatoms. The number of allylic oxidation sites excluding steroid dienone is 1. The summed E-state index contributed by atoms with van der Waals surface area (Å²) < 4.78 is 14.2. The second kappa shape index (κ2) is 8.42. The fourth-order valence-corrected chi connectivity index (χ4v) is 5.49. The van der Waals surface area contributed by atoms with E-state index in [2.05, 4.69) is 22.0 Å². The zero-order chi connectivity index (χ0) is 19.1. The number of hydrogen-bond donors (Lipinski definition) is 1. The van der Waals surface area contributed by atoms with Gasteiger partial charge in [0.2, 0.25) is 0 Å². The molecule has 0 bridgehead atoms. The highest BCUT2D eigenvalue weighted by atomic mass is 35.5. The van der Waals surface area contributed by atoms with Crippen LogP contribution in [0.15, 0.2) is 52.6 Å². The number of aromatic nitrogens is 1. The molecule has 1 aliphatic carbocycles. The van der Waals surface area contributed by atoms with E-state index in [4.69, 9.17) is 0 Å². The lowest BCUT2D eigenvalue weighted by Crippen LogP contribution is -2.39. The third kappa shape index (κ3) is 4.04. The van der Waals surface area contributed by atoms with E-state index in [9.17, 15) is 9.18 Å². The van der Waals surface area contributed by atoms with Crippen molar-refractivity contribution in [3.63, 3.8) is 0 Å². The van der Waals surface area contributed by atoms with E-state index >= 15 is 0 Å². The van der Waals surface area contributed by atoms with Gasteiger partial charge in [-0.15, -0.1) is 23.7 Å². The number of H-pyrrole nitrogens is 1. The van der Waals surface area contributed by atoms with E-state index in [0.29, 0.717) is 12.0 Å². The molecule has 3 aromatic rings. The Morgan fingerprint density at radius 3 is 2.59 bits per heavy atom. The first kappa shape index (κ1) is 20.3. The number of halogens is 2. The Hall–Kier alpha value is -1.95. The number of pyridine rings is 1. The monoisotopic (exact) mass is 430 g/mol. The first-order chi connectivity index (χ1) is 13.7. The van der Waals surface area contributed by atoms with Gasteiger partial charge in [-0.05, 0) is 85.5 Å². The van der Waals surface area contributed by atoms with Crippen LogP contribution in [0, 0.1) is 5.82 Å². The van der Waals surface area contributed by atoms with Crippen LogP contribution in [-0.2, 0) is 0 Å². The van der Waals surface area contributed by atoms with Crippen molar-refractivity contribution in [2.45, 2.75) is 37.6 Å². The number of fused-ring (bicyclic) bond motifs is 1. The Balaban J connectivity index is 0.00000205. The van der Waals surface area contributed by atoms with Gasteiger partial charge in [-0.1, -0.05) is 18.2 Å². The Morgan fingerprint density at radius 2 is 1.83 bits per heavy atom. The number of aromatic amines is 1. The molecule has 3 nitrogen and oxygen atoms in total. The molecule has 152 valence electrons. The number of nitrogens with one attached hydrogen (secondary N) is 1. The quantitative estimate of drug-likeness (QED) is 0.589. The van der Waals surface area contributed by atoms with Crippen LogP contribution in [0.25, 0.3) is 15.7 Å². The zero-order valence-corrected chi connectivity index (χ0v) is 17.7. The highest BCUT2D eigenvalue weighted by Crippen LogP contribution is 2.35. The van der Waals surface area contributed by atoms with Crippen LogP contribution < -0.4 is 5.56 Å². The van der Waals surface area contributed by atoms with Crippen LogP contribution in [0.1, 0.15) is 42.9 Å². The molecule has 1 saturated heterocycles. The van der Waals surface area contributed by atoms with Crippen molar-refractivity contribution in [3.05, 3.63) is 75.3 Å². The first-order valence-corrected chi connectivity index (χ1v) is 10.9. The number of rotatable bonds is 3. The van der Waals surface area contributed by atoms with Gasteiger partial charge >= 0.3 is 0 Å². The van der Waals surface area contributed by atoms with Crippen LogP contribution in [0.3, 0.4) is 0 Å². The highest BCUT2D eigenvalue weighted by Gasteiger charge is 2.28. The van der Waals surface area contributed by atoms with Crippen LogP contribution in [0.2, 0.25) is 0 Å². The average molecular weight is 431 g/mol. The molecule has 3 heterocycles. The Bertz CT molecular complexity index is 1080. The molecule has 1 aliphatic heterocycles. The van der Waals surface area contributed by atoms with Gasteiger partial charge in [0.1, 0.15) is 5.82 Å². The van der Waals surface area contributed by atoms with Crippen molar-refractivity contribution in [1.82, 2.24) is 9.88 Å². The lowest BCUT2D eigenvalue weighted by molar-refractivity contribution is 0.176. The molecule has 1 atom stereocenters. The summed E-state index contributed by atoms with van der Waals surface area (Å²) in [7, 11) is 0. The first-order valence-electron chi connectivity index (χ1n) is 9.98. The summed E-state index contributed by atoms with van der Waals surface area (Å²) in [6.07, 6.45) is 6.70. The minimum Gasteiger partial charge on any atom is -0.322 e. The molecule has 1 fully saturated rings. The minimum absolute atomic E-state index is 0. The van der Waals surface area contributed by atoms with Crippen LogP contribution in [0.5, 0.6) is 0 Å². The molecule has 0 spiro atoms. The lowest BCUT2D eigenvalue weighted by Gasteiger charge is -2.35. The van der Waals surface area contributed by atoms with Gasteiger partial charge in [-0.25, -0.2) is 4.39 Å². The predicted molar refractivity (Wildman–Crippen MR) is 121 cm³/mol. The Morgan fingerprint density at radius 1 is 1.07 bits per heavy atom. The SMILES string of the molecule is Cl.O=c1[nH]c(C2=C[C@H](N3CCC(c4ccc(F)cc4)CC3)CC2)cc2sccc12. The number of thiophene rings is 1. The molecule has 2 aromatic heterocycles. The third-order valence-electron chi connectivity index (χ3n) is 6.25. The molecule has 29 heavy (non-hydrogen) atoms. The molecule has 2 aliphatic rings. The smallest absolute Gasteiger partial charge is 0.257 e. The highest BCUT2D eigenvalue weighted by molar-refractivity contribution is 7.17. The summed E-state index contributed by atoms with van der Waals surface area (Å²) in [5.74, 6) is 0.364. The van der Waals surface area contributed by atoms with E-state index in [0.717, 1.165) is 54.6 Å². The van der Waals surface area contributed by atoms with E-state index in [-0.39, 0.29) is 23.8 Å². The Labute approximate surface area is 179 Å². The van der Waals surface area contributed by atoms with Gasteiger partial charge in [-0.2, -0.15) is 0 Å². The van der Waals surface area contributed by atoms with Gasteiger partial charge in [0.25, 0.3) is 5.56 Å². The Kier molecular flexibility index (Phi) is 5.91. The van der Waals surface area contributed by atoms with Crippen LogP contribution >= 0.6 is 23.7 Å². The second-order valence-electron chi connectivity index (χ2n) is 7.87. The van der Waals surface area contributed by atoms with E-state index in [1.165, 1.54) is 11.1 Å². The zero-order valence-electron chi connectivity index (χ0n) is 16.1. The van der Waals surface area contributed by atoms with Crippen molar-refractivity contribution in [2.75, 3.05) is 13.1 Å². The summed E-state index contributed by atoms with van der Waals surface area (Å²) in [4.78, 5) is 17.9. The number of nitrogens with zero attached hydrogens (tertiary/aromatic N) is 1. The van der Waals surface area contributed by atoms with Crippen LogP contribution in [-0.4, -0.2) is 29.0 Å². The summed E-state index contributed by atoms with van der Waals surface area (Å²) in [6, 6.07) is 11.5. The number of hydrogen-bond acceptors (Lipinski definition) is 3. The van der Waals surface area contributed by atoms with Gasteiger partial charge in [0.05, 0.1) is 5.39 Å². The number of benzene rings is 1. The maximum atomic E-state index is 13.2. The second-order valence-corrected chi connectivity index (χ2v) is 8.82. The molecule has 1 N–H and O–H groups in total. The largest absolute Gasteiger partial charge is 0.322 e. The fourth-order valence-electron chi connectivity index (χ4n) is 4.66. The lowest BCUT2D eigenvalue weighted by atomic mass is 9.89. The molecule has 0 saturated carbocycles. The molecule has 1 aromatic carbocycles. The molecule has 5 rings (SSSR count). The summed E-state index contributed by atoms with van der Waals surface area (Å²) >= 11 is 1.62. The van der Waals surface area contributed by atoms with Gasteiger partial charge in [0.15, 0.2) is 0 Å². The standard InChI is InChI=1S/C23H23FN2OS.ClH/c24-18-4-1-15(2-5-18)16-7-10-26(11-8-16)19-6-3-17(13-19)21-14-22-20(9-12-28-22)23(27)25-21;/h1-2,4-5,9,12-14,16,19H,3,6-8,10-11H2,(H,25,27);1H/t19-;/m1./s1. The molecule has 0 radical (unpaired) electrons. The van der Waals surface area contributed by atoms with Crippen LogP contribution in [0.4, 0.5) is 4.39 Å². The van der Waals surface area contributed by atoms with Crippen molar-refractivity contribution in [3.8, 4) is 0 Å². The predicted octanol–water partition coefficient (Wildman–Crippen LogP) is 5.58. The van der Waals surface area contributed by atoms with Gasteiger partial charge in [-0.3, -0.25) is 9.69 Å². The van der Waals surface area contributed by atoms with E-state index < -0.39 is 0 Å².